The summed E-state index contributed by atoms with van der Waals surface area (Å²) in [7, 11) is 0. The van der Waals surface area contributed by atoms with Crippen molar-refractivity contribution in [2.75, 3.05) is 0 Å². The number of para-hydroxylation sites is 1. The molecule has 0 atom stereocenters. The van der Waals surface area contributed by atoms with Crippen molar-refractivity contribution < 1.29 is 0 Å². The van der Waals surface area contributed by atoms with E-state index in [0.29, 0.717) is 5.82 Å². The highest BCUT2D eigenvalue weighted by molar-refractivity contribution is 6.22. The second-order valence-electron chi connectivity index (χ2n) is 13.6. The largest absolute Gasteiger partial charge is 0.247 e. The SMILES string of the molecule is c1ccc(-c2ccc(-c3cc(-c4ccc(-c5ccc(-c6nc7ccccc7c7c6ccc6ccccc67)cc5)cc4)nc(-c4ccccc4)n3)cc2)cc1. The number of fused-ring (bicyclic) bond motifs is 5. The molecule has 3 nitrogen and oxygen atoms in total. The summed E-state index contributed by atoms with van der Waals surface area (Å²) in [4.78, 5) is 15.3. The van der Waals surface area contributed by atoms with Gasteiger partial charge < -0.3 is 0 Å². The summed E-state index contributed by atoms with van der Waals surface area (Å²) in [6.07, 6.45) is 0. The van der Waals surface area contributed by atoms with E-state index in [1.807, 2.05) is 24.3 Å². The first-order valence-corrected chi connectivity index (χ1v) is 18.3. The third kappa shape index (κ3) is 5.78. The zero-order valence-corrected chi connectivity index (χ0v) is 29.4. The number of aromatic nitrogens is 3. The Morgan fingerprint density at radius 1 is 0.278 bits per heavy atom. The standard InChI is InChI=1S/C51H33N3/c1-3-11-34(12-4-1)35-19-25-39(26-20-35)47-33-48(54-51(53-47)42-14-5-2-6-15-42)40-27-21-36(22-28-40)37-23-29-41(30-24-37)50-45-32-31-38-13-7-8-16-43(38)49(45)44-17-9-10-18-46(44)52-50/h1-33H. The minimum absolute atomic E-state index is 0.706. The Morgan fingerprint density at radius 2 is 0.741 bits per heavy atom. The molecule has 0 aliphatic carbocycles. The van der Waals surface area contributed by atoms with Crippen LogP contribution in [0, 0.1) is 0 Å². The van der Waals surface area contributed by atoms with Crippen molar-refractivity contribution in [2.24, 2.45) is 0 Å². The first-order valence-electron chi connectivity index (χ1n) is 18.3. The van der Waals surface area contributed by atoms with Crippen molar-refractivity contribution in [3.8, 4) is 67.4 Å². The van der Waals surface area contributed by atoms with Crippen molar-refractivity contribution >= 4 is 32.4 Å². The zero-order chi connectivity index (χ0) is 35.8. The molecular formula is C51H33N3. The maximum Gasteiger partial charge on any atom is 0.160 e. The van der Waals surface area contributed by atoms with Crippen LogP contribution in [0.4, 0.5) is 0 Å². The molecule has 0 bridgehead atoms. The monoisotopic (exact) mass is 687 g/mol. The number of nitrogens with zero attached hydrogens (tertiary/aromatic N) is 3. The average Bonchev–Trinajstić information content (AvgIpc) is 3.26. The van der Waals surface area contributed by atoms with Crippen LogP contribution in [0.3, 0.4) is 0 Å². The fourth-order valence-corrected chi connectivity index (χ4v) is 7.52. The second-order valence-corrected chi connectivity index (χ2v) is 13.6. The smallest absolute Gasteiger partial charge is 0.160 e. The lowest BCUT2D eigenvalue weighted by Gasteiger charge is -2.13. The van der Waals surface area contributed by atoms with Gasteiger partial charge in [-0.05, 0) is 45.2 Å². The highest BCUT2D eigenvalue weighted by Crippen LogP contribution is 2.38. The number of pyridine rings is 1. The van der Waals surface area contributed by atoms with Crippen LogP contribution in [-0.4, -0.2) is 15.0 Å². The van der Waals surface area contributed by atoms with E-state index in [4.69, 9.17) is 15.0 Å². The van der Waals surface area contributed by atoms with E-state index in [1.54, 1.807) is 0 Å². The van der Waals surface area contributed by atoms with Crippen LogP contribution in [0.15, 0.2) is 200 Å². The molecular weight excluding hydrogens is 655 g/mol. The number of hydrogen-bond acceptors (Lipinski definition) is 3. The molecule has 0 amide bonds. The molecule has 8 aromatic carbocycles. The molecule has 0 spiro atoms. The summed E-state index contributed by atoms with van der Waals surface area (Å²) in [5.41, 5.74) is 12.6. The van der Waals surface area contributed by atoms with Gasteiger partial charge in [0.05, 0.1) is 22.6 Å². The predicted molar refractivity (Wildman–Crippen MR) is 225 cm³/mol. The number of rotatable bonds is 6. The third-order valence-electron chi connectivity index (χ3n) is 10.3. The molecule has 0 saturated carbocycles. The molecule has 252 valence electrons. The van der Waals surface area contributed by atoms with Gasteiger partial charge in [-0.2, -0.15) is 0 Å². The van der Waals surface area contributed by atoms with Gasteiger partial charge in [0, 0.05) is 38.4 Å². The quantitative estimate of drug-likeness (QED) is 0.163. The summed E-state index contributed by atoms with van der Waals surface area (Å²) < 4.78 is 0. The molecule has 0 saturated heterocycles. The molecule has 3 heteroatoms. The van der Waals surface area contributed by atoms with Gasteiger partial charge in [-0.3, -0.25) is 0 Å². The molecule has 2 heterocycles. The maximum atomic E-state index is 5.19. The maximum absolute atomic E-state index is 5.19. The minimum Gasteiger partial charge on any atom is -0.247 e. The highest BCUT2D eigenvalue weighted by atomic mass is 14.9. The Hall–Kier alpha value is -7.23. The van der Waals surface area contributed by atoms with Crippen LogP contribution in [0.2, 0.25) is 0 Å². The lowest BCUT2D eigenvalue weighted by atomic mass is 9.94. The molecule has 0 fully saturated rings. The second kappa shape index (κ2) is 13.4. The Morgan fingerprint density at radius 3 is 1.35 bits per heavy atom. The summed E-state index contributed by atoms with van der Waals surface area (Å²) >= 11 is 0. The Kier molecular flexibility index (Phi) is 7.81. The molecule has 10 rings (SSSR count). The molecule has 0 aliphatic heterocycles. The van der Waals surface area contributed by atoms with E-state index < -0.39 is 0 Å². The van der Waals surface area contributed by atoms with E-state index in [1.165, 1.54) is 32.7 Å². The molecule has 0 aliphatic rings. The van der Waals surface area contributed by atoms with E-state index in [2.05, 4.69) is 176 Å². The van der Waals surface area contributed by atoms with Gasteiger partial charge >= 0.3 is 0 Å². The van der Waals surface area contributed by atoms with Crippen molar-refractivity contribution in [1.82, 2.24) is 15.0 Å². The third-order valence-corrected chi connectivity index (χ3v) is 10.3. The number of hydrogen-bond donors (Lipinski definition) is 0. The van der Waals surface area contributed by atoms with Gasteiger partial charge in [-0.25, -0.2) is 15.0 Å². The molecule has 54 heavy (non-hydrogen) atoms. The lowest BCUT2D eigenvalue weighted by molar-refractivity contribution is 1.18. The highest BCUT2D eigenvalue weighted by Gasteiger charge is 2.14. The van der Waals surface area contributed by atoms with Gasteiger partial charge in [0.1, 0.15) is 0 Å². The first kappa shape index (κ1) is 31.5. The van der Waals surface area contributed by atoms with E-state index in [0.717, 1.165) is 61.4 Å². The van der Waals surface area contributed by atoms with Crippen LogP contribution in [0.1, 0.15) is 0 Å². The van der Waals surface area contributed by atoms with Crippen molar-refractivity contribution in [2.45, 2.75) is 0 Å². The van der Waals surface area contributed by atoms with Gasteiger partial charge in [0.2, 0.25) is 0 Å². The average molecular weight is 688 g/mol. The summed E-state index contributed by atoms with van der Waals surface area (Å²) in [6, 6.07) is 70.3. The van der Waals surface area contributed by atoms with Gasteiger partial charge in [0.15, 0.2) is 5.82 Å². The van der Waals surface area contributed by atoms with E-state index >= 15 is 0 Å². The molecule has 0 radical (unpaired) electrons. The van der Waals surface area contributed by atoms with Gasteiger partial charge in [-0.15, -0.1) is 0 Å². The fourth-order valence-electron chi connectivity index (χ4n) is 7.52. The van der Waals surface area contributed by atoms with Gasteiger partial charge in [0.25, 0.3) is 0 Å². The Balaban J connectivity index is 0.991. The van der Waals surface area contributed by atoms with Crippen molar-refractivity contribution in [1.29, 1.82) is 0 Å². The normalized spacial score (nSPS) is 11.3. The Labute approximate surface area is 313 Å². The van der Waals surface area contributed by atoms with Crippen molar-refractivity contribution in [3.05, 3.63) is 200 Å². The predicted octanol–water partition coefficient (Wildman–Crippen LogP) is 13.3. The number of benzene rings is 8. The van der Waals surface area contributed by atoms with Crippen LogP contribution < -0.4 is 0 Å². The van der Waals surface area contributed by atoms with Crippen LogP contribution in [-0.2, 0) is 0 Å². The Bertz CT molecular complexity index is 2920. The molecule has 2 aromatic heterocycles. The molecule has 10 aromatic rings. The van der Waals surface area contributed by atoms with E-state index in [-0.39, 0.29) is 0 Å². The van der Waals surface area contributed by atoms with Crippen LogP contribution >= 0.6 is 0 Å². The zero-order valence-electron chi connectivity index (χ0n) is 29.4. The van der Waals surface area contributed by atoms with E-state index in [9.17, 15) is 0 Å². The first-order chi connectivity index (χ1) is 26.7. The van der Waals surface area contributed by atoms with Crippen LogP contribution in [0.25, 0.3) is 99.9 Å². The van der Waals surface area contributed by atoms with Crippen molar-refractivity contribution in [3.63, 3.8) is 0 Å². The van der Waals surface area contributed by atoms with Gasteiger partial charge in [-0.1, -0.05) is 188 Å². The van der Waals surface area contributed by atoms with Crippen LogP contribution in [0.5, 0.6) is 0 Å². The summed E-state index contributed by atoms with van der Waals surface area (Å²) in [5.74, 6) is 0.706. The lowest BCUT2D eigenvalue weighted by Crippen LogP contribution is -1.96. The fraction of sp³-hybridized carbons (Fsp3) is 0. The summed E-state index contributed by atoms with van der Waals surface area (Å²) in [6.45, 7) is 0. The summed E-state index contributed by atoms with van der Waals surface area (Å²) in [5, 5.41) is 6.08. The minimum atomic E-state index is 0.706. The molecule has 0 unspecified atom stereocenters. The molecule has 0 N–H and O–H groups in total. The topological polar surface area (TPSA) is 38.7 Å².